The normalized spacial score (nSPS) is 10.7. The summed E-state index contributed by atoms with van der Waals surface area (Å²) in [6.07, 6.45) is 0. The van der Waals surface area contributed by atoms with Crippen LogP contribution in [0.4, 0.5) is 5.69 Å². The first-order valence-corrected chi connectivity index (χ1v) is 4.77. The predicted octanol–water partition coefficient (Wildman–Crippen LogP) is 1.88. The van der Waals surface area contributed by atoms with Gasteiger partial charge in [-0.25, -0.2) is 0 Å². The number of nitriles is 1. The van der Waals surface area contributed by atoms with E-state index in [2.05, 4.69) is 10.5 Å². The van der Waals surface area contributed by atoms with Crippen LogP contribution in [0.2, 0.25) is 5.02 Å². The Balaban J connectivity index is 2.95. The van der Waals surface area contributed by atoms with Gasteiger partial charge in [-0.3, -0.25) is 10.8 Å². The molecule has 0 aromatic heterocycles. The van der Waals surface area contributed by atoms with Crippen LogP contribution in [0.1, 0.15) is 5.56 Å². The number of nitrogens with zero attached hydrogens (tertiary/aromatic N) is 2. The fourth-order valence-electron chi connectivity index (χ4n) is 0.990. The average Bonchev–Trinajstić information content (AvgIpc) is 2.24. The summed E-state index contributed by atoms with van der Waals surface area (Å²) in [6, 6.07) is 6.98. The highest BCUT2D eigenvalue weighted by molar-refractivity contribution is 6.45. The highest BCUT2D eigenvalue weighted by Crippen LogP contribution is 2.22. The SMILES string of the molecule is Cc1c(Cl)cccc1N/N=C(\C#N)C(=N)N. The molecule has 0 aliphatic heterocycles. The fourth-order valence-corrected chi connectivity index (χ4v) is 1.16. The van der Waals surface area contributed by atoms with Gasteiger partial charge in [-0.15, -0.1) is 0 Å². The van der Waals surface area contributed by atoms with Gasteiger partial charge < -0.3 is 5.73 Å². The molecule has 0 fully saturated rings. The summed E-state index contributed by atoms with van der Waals surface area (Å²) in [5.41, 5.74) is 9.10. The molecular weight excluding hydrogens is 226 g/mol. The lowest BCUT2D eigenvalue weighted by Crippen LogP contribution is -2.21. The minimum atomic E-state index is -0.380. The lowest BCUT2D eigenvalue weighted by Gasteiger charge is -2.06. The lowest BCUT2D eigenvalue weighted by molar-refractivity contribution is 1.30. The van der Waals surface area contributed by atoms with Gasteiger partial charge in [0.05, 0.1) is 5.69 Å². The minimum absolute atomic E-state index is 0.167. The molecule has 0 aliphatic carbocycles. The molecule has 0 atom stereocenters. The second-order valence-corrected chi connectivity index (χ2v) is 3.42. The number of hydrazone groups is 1. The molecular formula is C10H10ClN5. The van der Waals surface area contributed by atoms with E-state index in [1.165, 1.54) is 0 Å². The van der Waals surface area contributed by atoms with Crippen molar-refractivity contribution in [3.63, 3.8) is 0 Å². The molecule has 0 radical (unpaired) electrons. The molecule has 4 N–H and O–H groups in total. The van der Waals surface area contributed by atoms with Crippen LogP contribution in [0.5, 0.6) is 0 Å². The minimum Gasteiger partial charge on any atom is -0.382 e. The Labute approximate surface area is 98.0 Å². The van der Waals surface area contributed by atoms with Gasteiger partial charge in [-0.1, -0.05) is 17.7 Å². The Kier molecular flexibility index (Phi) is 3.86. The molecule has 1 aromatic carbocycles. The first kappa shape index (κ1) is 12.0. The molecule has 0 aliphatic rings. The maximum Gasteiger partial charge on any atom is 0.201 e. The highest BCUT2D eigenvalue weighted by atomic mass is 35.5. The topological polar surface area (TPSA) is 98.0 Å². The summed E-state index contributed by atoms with van der Waals surface area (Å²) in [5.74, 6) is -0.380. The average molecular weight is 236 g/mol. The van der Waals surface area contributed by atoms with Crippen molar-refractivity contribution >= 4 is 28.8 Å². The smallest absolute Gasteiger partial charge is 0.201 e. The summed E-state index contributed by atoms with van der Waals surface area (Å²) in [7, 11) is 0. The molecule has 0 bridgehead atoms. The van der Waals surface area contributed by atoms with Crippen LogP contribution < -0.4 is 11.2 Å². The maximum absolute atomic E-state index is 8.63. The Hall–Kier alpha value is -2.06. The third-order valence-electron chi connectivity index (χ3n) is 1.92. The lowest BCUT2D eigenvalue weighted by atomic mass is 10.2. The van der Waals surface area contributed by atoms with E-state index < -0.39 is 0 Å². The molecule has 1 rings (SSSR count). The van der Waals surface area contributed by atoms with Gasteiger partial charge in [0.25, 0.3) is 0 Å². The van der Waals surface area contributed by atoms with Crippen LogP contribution >= 0.6 is 11.6 Å². The van der Waals surface area contributed by atoms with Crippen LogP contribution in [0.25, 0.3) is 0 Å². The number of anilines is 1. The Morgan fingerprint density at radius 1 is 1.62 bits per heavy atom. The molecule has 5 nitrogen and oxygen atoms in total. The van der Waals surface area contributed by atoms with Crippen molar-refractivity contribution in [2.75, 3.05) is 5.43 Å². The van der Waals surface area contributed by atoms with Crippen molar-refractivity contribution in [3.05, 3.63) is 28.8 Å². The number of halogens is 1. The zero-order valence-corrected chi connectivity index (χ0v) is 9.34. The highest BCUT2D eigenvalue weighted by Gasteiger charge is 2.03. The molecule has 0 spiro atoms. The van der Waals surface area contributed by atoms with Gasteiger partial charge in [-0.2, -0.15) is 10.4 Å². The predicted molar refractivity (Wildman–Crippen MR) is 64.8 cm³/mol. The van der Waals surface area contributed by atoms with Gasteiger partial charge in [0.2, 0.25) is 5.71 Å². The van der Waals surface area contributed by atoms with Crippen molar-refractivity contribution in [2.24, 2.45) is 10.8 Å². The van der Waals surface area contributed by atoms with Gasteiger partial charge in [0.15, 0.2) is 5.84 Å². The molecule has 0 heterocycles. The maximum atomic E-state index is 8.63. The summed E-state index contributed by atoms with van der Waals surface area (Å²) < 4.78 is 0. The fraction of sp³-hybridized carbons (Fsp3) is 0.100. The molecule has 0 saturated heterocycles. The zero-order chi connectivity index (χ0) is 12.1. The van der Waals surface area contributed by atoms with Gasteiger partial charge in [0, 0.05) is 5.02 Å². The van der Waals surface area contributed by atoms with Gasteiger partial charge >= 0.3 is 0 Å². The number of amidine groups is 1. The zero-order valence-electron chi connectivity index (χ0n) is 8.58. The quantitative estimate of drug-likeness (QED) is 0.424. The van der Waals surface area contributed by atoms with Crippen molar-refractivity contribution in [2.45, 2.75) is 6.92 Å². The summed E-state index contributed by atoms with van der Waals surface area (Å²) in [5, 5.41) is 20.0. The Morgan fingerprint density at radius 3 is 2.88 bits per heavy atom. The first-order chi connectivity index (χ1) is 7.56. The number of nitrogens with one attached hydrogen (secondary N) is 2. The summed E-state index contributed by atoms with van der Waals surface area (Å²) in [6.45, 7) is 1.82. The third kappa shape index (κ3) is 2.72. The summed E-state index contributed by atoms with van der Waals surface area (Å²) in [4.78, 5) is 0. The van der Waals surface area contributed by atoms with Crippen LogP contribution in [-0.4, -0.2) is 11.5 Å². The number of nitrogens with two attached hydrogens (primary N) is 1. The third-order valence-corrected chi connectivity index (χ3v) is 2.33. The number of rotatable bonds is 3. The van der Waals surface area contributed by atoms with E-state index in [1.807, 2.05) is 6.92 Å². The molecule has 1 aromatic rings. The van der Waals surface area contributed by atoms with E-state index in [9.17, 15) is 0 Å². The molecule has 16 heavy (non-hydrogen) atoms. The second-order valence-electron chi connectivity index (χ2n) is 3.01. The molecule has 0 unspecified atom stereocenters. The van der Waals surface area contributed by atoms with Crippen molar-refractivity contribution < 1.29 is 0 Å². The molecule has 6 heteroatoms. The largest absolute Gasteiger partial charge is 0.382 e. The van der Waals surface area contributed by atoms with Crippen molar-refractivity contribution in [1.82, 2.24) is 0 Å². The molecule has 0 saturated carbocycles. The summed E-state index contributed by atoms with van der Waals surface area (Å²) >= 11 is 5.91. The van der Waals surface area contributed by atoms with Gasteiger partial charge in [0.1, 0.15) is 6.07 Å². The van der Waals surface area contributed by atoms with E-state index in [1.54, 1.807) is 24.3 Å². The number of benzene rings is 1. The second kappa shape index (κ2) is 5.14. The van der Waals surface area contributed by atoms with Crippen LogP contribution in [0.3, 0.4) is 0 Å². The van der Waals surface area contributed by atoms with E-state index in [-0.39, 0.29) is 11.5 Å². The van der Waals surface area contributed by atoms with Crippen LogP contribution in [0, 0.1) is 23.7 Å². The van der Waals surface area contributed by atoms with Crippen molar-refractivity contribution in [1.29, 1.82) is 10.7 Å². The van der Waals surface area contributed by atoms with Crippen molar-refractivity contribution in [3.8, 4) is 6.07 Å². The Bertz CT molecular complexity index is 486. The van der Waals surface area contributed by atoms with E-state index in [0.717, 1.165) is 5.56 Å². The van der Waals surface area contributed by atoms with Crippen LogP contribution in [0.15, 0.2) is 23.3 Å². The van der Waals surface area contributed by atoms with Gasteiger partial charge in [-0.05, 0) is 24.6 Å². The van der Waals surface area contributed by atoms with E-state index in [4.69, 9.17) is 28.0 Å². The number of hydrogen-bond donors (Lipinski definition) is 3. The number of hydrogen-bond acceptors (Lipinski definition) is 4. The van der Waals surface area contributed by atoms with Crippen LogP contribution in [-0.2, 0) is 0 Å². The molecule has 0 amide bonds. The Morgan fingerprint density at radius 2 is 2.31 bits per heavy atom. The van der Waals surface area contributed by atoms with E-state index >= 15 is 0 Å². The first-order valence-electron chi connectivity index (χ1n) is 4.39. The molecule has 82 valence electrons. The van der Waals surface area contributed by atoms with E-state index in [0.29, 0.717) is 10.7 Å². The monoisotopic (exact) mass is 235 g/mol. The standard InChI is InChI=1S/C10H10ClN5/c1-6-7(11)3-2-4-8(6)15-16-9(5-12)10(13)14/h2-4,15H,1H3,(H3,13,14)/b16-9+.